The Morgan fingerprint density at radius 1 is 1.10 bits per heavy atom. The number of hydrogen-bond acceptors (Lipinski definition) is 5. The van der Waals surface area contributed by atoms with Gasteiger partial charge in [0, 0.05) is 38.9 Å². The molecule has 2 saturated heterocycles. The van der Waals surface area contributed by atoms with Gasteiger partial charge in [0.15, 0.2) is 0 Å². The van der Waals surface area contributed by atoms with Crippen LogP contribution in [-0.2, 0) is 21.4 Å². The fraction of sp³-hybridized carbons (Fsp3) is 0.476. The van der Waals surface area contributed by atoms with E-state index in [2.05, 4.69) is 17.0 Å². The molecule has 2 aliphatic heterocycles. The van der Waals surface area contributed by atoms with Gasteiger partial charge in [-0.25, -0.2) is 8.42 Å². The van der Waals surface area contributed by atoms with E-state index in [9.17, 15) is 13.2 Å². The normalized spacial score (nSPS) is 20.3. The number of likely N-dealkylation sites (N-methyl/N-ethyl adjacent to an activating group) is 1. The molecule has 1 amide bonds. The van der Waals surface area contributed by atoms with Crippen LogP contribution in [0.5, 0.6) is 0 Å². The second kappa shape index (κ2) is 8.45. The van der Waals surface area contributed by atoms with Crippen molar-refractivity contribution in [2.24, 2.45) is 0 Å². The lowest BCUT2D eigenvalue weighted by molar-refractivity contribution is -0.133. The van der Waals surface area contributed by atoms with E-state index in [4.69, 9.17) is 0 Å². The number of carbonyl (C=O) groups excluding carboxylic acids is 1. The van der Waals surface area contributed by atoms with Crippen LogP contribution in [-0.4, -0.2) is 56.3 Å². The van der Waals surface area contributed by atoms with E-state index in [1.165, 1.54) is 34.2 Å². The maximum atomic E-state index is 13.2. The van der Waals surface area contributed by atoms with Crippen LogP contribution in [0.25, 0.3) is 0 Å². The minimum atomic E-state index is -3.62. The summed E-state index contributed by atoms with van der Waals surface area (Å²) in [5.41, 5.74) is 2.29. The molecule has 1 atom stereocenters. The van der Waals surface area contributed by atoms with Crippen molar-refractivity contribution in [3.05, 3.63) is 47.3 Å². The third-order valence-corrected chi connectivity index (χ3v) is 9.05. The SMILES string of the molecule is CN(Cc1ccccc1N1CCCC1)C(=O)C1CCCN1S(=O)(=O)c1cccs1. The molecule has 2 aromatic rings. The number of anilines is 1. The third-order valence-electron chi connectivity index (χ3n) is 5.77. The maximum Gasteiger partial charge on any atom is 0.253 e. The molecule has 29 heavy (non-hydrogen) atoms. The lowest BCUT2D eigenvalue weighted by Gasteiger charge is -2.29. The molecular formula is C21H27N3O3S2. The number of amides is 1. The molecule has 6 nitrogen and oxygen atoms in total. The summed E-state index contributed by atoms with van der Waals surface area (Å²) in [5, 5.41) is 1.75. The molecule has 156 valence electrons. The molecule has 1 aromatic carbocycles. The van der Waals surface area contributed by atoms with Crippen LogP contribution in [0.1, 0.15) is 31.2 Å². The lowest BCUT2D eigenvalue weighted by atomic mass is 10.1. The van der Waals surface area contributed by atoms with Crippen molar-refractivity contribution >= 4 is 33.0 Å². The Morgan fingerprint density at radius 3 is 2.59 bits per heavy atom. The molecule has 0 radical (unpaired) electrons. The van der Waals surface area contributed by atoms with Gasteiger partial charge in [-0.3, -0.25) is 4.79 Å². The van der Waals surface area contributed by atoms with Gasteiger partial charge in [0.05, 0.1) is 0 Å². The average molecular weight is 434 g/mol. The van der Waals surface area contributed by atoms with E-state index in [-0.39, 0.29) is 5.91 Å². The van der Waals surface area contributed by atoms with Crippen LogP contribution in [0.4, 0.5) is 5.69 Å². The molecule has 0 spiro atoms. The van der Waals surface area contributed by atoms with E-state index < -0.39 is 16.1 Å². The summed E-state index contributed by atoms with van der Waals surface area (Å²) in [6.07, 6.45) is 3.67. The predicted molar refractivity (Wildman–Crippen MR) is 116 cm³/mol. The Hall–Kier alpha value is -1.90. The van der Waals surface area contributed by atoms with Gasteiger partial charge in [0.2, 0.25) is 5.91 Å². The van der Waals surface area contributed by atoms with Crippen LogP contribution < -0.4 is 4.90 Å². The molecule has 0 bridgehead atoms. The van der Waals surface area contributed by atoms with Gasteiger partial charge in [0.1, 0.15) is 10.3 Å². The Labute approximate surface area is 176 Å². The van der Waals surface area contributed by atoms with Gasteiger partial charge < -0.3 is 9.80 Å². The Bertz CT molecular complexity index is 953. The zero-order chi connectivity index (χ0) is 20.4. The number of hydrogen-bond donors (Lipinski definition) is 0. The summed E-state index contributed by atoms with van der Waals surface area (Å²) in [6, 6.07) is 10.9. The zero-order valence-corrected chi connectivity index (χ0v) is 18.3. The topological polar surface area (TPSA) is 60.9 Å². The van der Waals surface area contributed by atoms with Gasteiger partial charge in [0.25, 0.3) is 10.0 Å². The first-order valence-corrected chi connectivity index (χ1v) is 12.4. The third kappa shape index (κ3) is 4.06. The van der Waals surface area contributed by atoms with E-state index in [0.29, 0.717) is 30.1 Å². The molecule has 1 unspecified atom stereocenters. The first-order chi connectivity index (χ1) is 14.0. The molecule has 1 aromatic heterocycles. The van der Waals surface area contributed by atoms with Gasteiger partial charge in [-0.15, -0.1) is 11.3 Å². The first kappa shape index (κ1) is 20.4. The van der Waals surface area contributed by atoms with Gasteiger partial charge in [-0.05, 0) is 48.8 Å². The molecular weight excluding hydrogens is 406 g/mol. The summed E-state index contributed by atoms with van der Waals surface area (Å²) >= 11 is 1.20. The highest BCUT2D eigenvalue weighted by Gasteiger charge is 2.41. The van der Waals surface area contributed by atoms with Crippen molar-refractivity contribution in [1.82, 2.24) is 9.21 Å². The van der Waals surface area contributed by atoms with Crippen LogP contribution in [0.15, 0.2) is 46.0 Å². The molecule has 0 N–H and O–H groups in total. The fourth-order valence-corrected chi connectivity index (χ4v) is 7.07. The van der Waals surface area contributed by atoms with E-state index in [1.807, 2.05) is 12.1 Å². The number of carbonyl (C=O) groups is 1. The Kier molecular flexibility index (Phi) is 5.94. The standard InChI is InChI=1S/C21H27N3O3S2/c1-22(16-17-8-2-3-9-18(17)23-12-4-5-13-23)21(25)19-10-6-14-24(19)29(26,27)20-11-7-15-28-20/h2-3,7-9,11,15,19H,4-6,10,12-14,16H2,1H3. The minimum absolute atomic E-state index is 0.126. The number of benzene rings is 1. The van der Waals surface area contributed by atoms with Crippen LogP contribution >= 0.6 is 11.3 Å². The highest BCUT2D eigenvalue weighted by Crippen LogP contribution is 2.30. The molecule has 2 aliphatic rings. The molecule has 0 aliphatic carbocycles. The Morgan fingerprint density at radius 2 is 1.86 bits per heavy atom. The summed E-state index contributed by atoms with van der Waals surface area (Å²) in [5.74, 6) is -0.126. The molecule has 8 heteroatoms. The highest BCUT2D eigenvalue weighted by atomic mass is 32.2. The van der Waals surface area contributed by atoms with E-state index in [0.717, 1.165) is 18.7 Å². The average Bonchev–Trinajstić information content (AvgIpc) is 3.50. The predicted octanol–water partition coefficient (Wildman–Crippen LogP) is 3.16. The van der Waals surface area contributed by atoms with Gasteiger partial charge in [-0.1, -0.05) is 24.3 Å². The number of thiophene rings is 1. The van der Waals surface area contributed by atoms with Gasteiger partial charge >= 0.3 is 0 Å². The molecule has 2 fully saturated rings. The summed E-state index contributed by atoms with van der Waals surface area (Å²) in [4.78, 5) is 17.3. The number of para-hydroxylation sites is 1. The van der Waals surface area contributed by atoms with Crippen molar-refractivity contribution in [1.29, 1.82) is 0 Å². The monoisotopic (exact) mass is 433 g/mol. The summed E-state index contributed by atoms with van der Waals surface area (Å²) in [6.45, 7) is 2.97. The summed E-state index contributed by atoms with van der Waals surface area (Å²) < 4.78 is 27.7. The second-order valence-electron chi connectivity index (χ2n) is 7.72. The van der Waals surface area contributed by atoms with Crippen molar-refractivity contribution in [3.8, 4) is 0 Å². The number of rotatable bonds is 6. The van der Waals surface area contributed by atoms with Crippen LogP contribution in [0, 0.1) is 0 Å². The first-order valence-electron chi connectivity index (χ1n) is 10.1. The number of sulfonamides is 1. The molecule has 0 saturated carbocycles. The minimum Gasteiger partial charge on any atom is -0.371 e. The second-order valence-corrected chi connectivity index (χ2v) is 10.8. The van der Waals surface area contributed by atoms with Crippen molar-refractivity contribution in [2.45, 2.75) is 42.5 Å². The molecule has 4 rings (SSSR count). The number of nitrogens with zero attached hydrogens (tertiary/aromatic N) is 3. The maximum absolute atomic E-state index is 13.2. The smallest absolute Gasteiger partial charge is 0.253 e. The van der Waals surface area contributed by atoms with Gasteiger partial charge in [-0.2, -0.15) is 4.31 Å². The Balaban J connectivity index is 1.51. The van der Waals surface area contributed by atoms with Crippen molar-refractivity contribution in [2.75, 3.05) is 31.6 Å². The molecule has 3 heterocycles. The van der Waals surface area contributed by atoms with Crippen molar-refractivity contribution < 1.29 is 13.2 Å². The largest absolute Gasteiger partial charge is 0.371 e. The quantitative estimate of drug-likeness (QED) is 0.702. The van der Waals surface area contributed by atoms with E-state index in [1.54, 1.807) is 29.5 Å². The van der Waals surface area contributed by atoms with E-state index >= 15 is 0 Å². The summed E-state index contributed by atoms with van der Waals surface area (Å²) in [7, 11) is -1.85. The van der Waals surface area contributed by atoms with Crippen molar-refractivity contribution in [3.63, 3.8) is 0 Å². The fourth-order valence-electron chi connectivity index (χ4n) is 4.30. The zero-order valence-electron chi connectivity index (χ0n) is 16.7. The highest BCUT2D eigenvalue weighted by molar-refractivity contribution is 7.91. The van der Waals surface area contributed by atoms with Crippen LogP contribution in [0.2, 0.25) is 0 Å². The van der Waals surface area contributed by atoms with Crippen LogP contribution in [0.3, 0.4) is 0 Å². The lowest BCUT2D eigenvalue weighted by Crippen LogP contribution is -2.46.